The highest BCUT2D eigenvalue weighted by Crippen LogP contribution is 2.17. The smallest absolute Gasteiger partial charge is 0.270 e. The zero-order valence-electron chi connectivity index (χ0n) is 13.7. The van der Waals surface area contributed by atoms with Gasteiger partial charge in [0.05, 0.1) is 0 Å². The number of carbonyl (C=O) groups excluding carboxylic acids is 2. The second kappa shape index (κ2) is 6.42. The first-order valence-corrected chi connectivity index (χ1v) is 7.67. The number of nitrogens with one attached hydrogen (secondary N) is 1. The normalized spacial score (nSPS) is 16.5. The van der Waals surface area contributed by atoms with Gasteiger partial charge in [0.2, 0.25) is 5.91 Å². The zero-order chi connectivity index (χ0) is 16.3. The molecular formula is C16H24N4O2. The number of rotatable bonds is 2. The summed E-state index contributed by atoms with van der Waals surface area (Å²) in [5, 5.41) is 3.01. The standard InChI is InChI=1S/C16H24N4O2/c1-11(21)20-9-6-12(7-10-20)18-14(22)13-5-8-17-15(19-13)16(2,3)4/h5,8,12H,6-7,9-10H2,1-4H3,(H,18,22). The van der Waals surface area contributed by atoms with Crippen LogP contribution in [-0.2, 0) is 10.2 Å². The zero-order valence-corrected chi connectivity index (χ0v) is 13.7. The molecule has 1 N–H and O–H groups in total. The van der Waals surface area contributed by atoms with Crippen LogP contribution in [0.1, 0.15) is 56.8 Å². The van der Waals surface area contributed by atoms with Crippen LogP contribution in [-0.4, -0.2) is 45.8 Å². The molecule has 1 saturated heterocycles. The fourth-order valence-corrected chi connectivity index (χ4v) is 2.44. The average molecular weight is 304 g/mol. The van der Waals surface area contributed by atoms with Crippen molar-refractivity contribution in [2.75, 3.05) is 13.1 Å². The maximum absolute atomic E-state index is 12.3. The van der Waals surface area contributed by atoms with Crippen LogP contribution in [0.5, 0.6) is 0 Å². The Morgan fingerprint density at radius 1 is 1.27 bits per heavy atom. The van der Waals surface area contributed by atoms with E-state index in [1.807, 2.05) is 25.7 Å². The van der Waals surface area contributed by atoms with Gasteiger partial charge in [-0.2, -0.15) is 0 Å². The minimum Gasteiger partial charge on any atom is -0.348 e. The van der Waals surface area contributed by atoms with Crippen molar-refractivity contribution in [3.8, 4) is 0 Å². The molecule has 1 fully saturated rings. The number of aromatic nitrogens is 2. The number of nitrogens with zero attached hydrogens (tertiary/aromatic N) is 3. The van der Waals surface area contributed by atoms with Gasteiger partial charge in [-0.1, -0.05) is 20.8 Å². The van der Waals surface area contributed by atoms with Gasteiger partial charge in [-0.15, -0.1) is 0 Å². The molecule has 0 atom stereocenters. The molecule has 6 heteroatoms. The second-order valence-corrected chi connectivity index (χ2v) is 6.77. The van der Waals surface area contributed by atoms with Gasteiger partial charge in [0.25, 0.3) is 5.91 Å². The molecule has 6 nitrogen and oxygen atoms in total. The van der Waals surface area contributed by atoms with E-state index < -0.39 is 0 Å². The third-order valence-electron chi connectivity index (χ3n) is 3.83. The van der Waals surface area contributed by atoms with E-state index in [4.69, 9.17) is 0 Å². The lowest BCUT2D eigenvalue weighted by atomic mass is 9.95. The van der Waals surface area contributed by atoms with E-state index in [0.717, 1.165) is 12.8 Å². The van der Waals surface area contributed by atoms with Gasteiger partial charge in [0, 0.05) is 37.7 Å². The molecule has 0 radical (unpaired) electrons. The lowest BCUT2D eigenvalue weighted by Gasteiger charge is -2.31. The quantitative estimate of drug-likeness (QED) is 0.899. The summed E-state index contributed by atoms with van der Waals surface area (Å²) in [4.78, 5) is 34.0. The van der Waals surface area contributed by atoms with Crippen LogP contribution in [0.3, 0.4) is 0 Å². The molecule has 0 spiro atoms. The molecule has 2 amide bonds. The van der Waals surface area contributed by atoms with Crippen molar-refractivity contribution in [3.05, 3.63) is 23.8 Å². The lowest BCUT2D eigenvalue weighted by Crippen LogP contribution is -2.46. The molecular weight excluding hydrogens is 280 g/mol. The number of hydrogen-bond donors (Lipinski definition) is 1. The molecule has 1 aromatic rings. The summed E-state index contributed by atoms with van der Waals surface area (Å²) in [5.41, 5.74) is 0.206. The fraction of sp³-hybridized carbons (Fsp3) is 0.625. The summed E-state index contributed by atoms with van der Waals surface area (Å²) in [6.45, 7) is 9.01. The topological polar surface area (TPSA) is 75.2 Å². The van der Waals surface area contributed by atoms with Gasteiger partial charge >= 0.3 is 0 Å². The van der Waals surface area contributed by atoms with Crippen molar-refractivity contribution in [3.63, 3.8) is 0 Å². The van der Waals surface area contributed by atoms with Crippen molar-refractivity contribution >= 4 is 11.8 Å². The first-order chi connectivity index (χ1) is 10.3. The first-order valence-electron chi connectivity index (χ1n) is 7.67. The minimum absolute atomic E-state index is 0.0930. The van der Waals surface area contributed by atoms with Crippen molar-refractivity contribution < 1.29 is 9.59 Å². The molecule has 120 valence electrons. The lowest BCUT2D eigenvalue weighted by molar-refractivity contribution is -0.129. The molecule has 0 aliphatic carbocycles. The molecule has 2 rings (SSSR count). The molecule has 2 heterocycles. The van der Waals surface area contributed by atoms with Crippen LogP contribution < -0.4 is 5.32 Å². The van der Waals surface area contributed by atoms with E-state index in [1.54, 1.807) is 19.2 Å². The largest absolute Gasteiger partial charge is 0.348 e. The molecule has 1 aliphatic heterocycles. The highest BCUT2D eigenvalue weighted by molar-refractivity contribution is 5.92. The molecule has 22 heavy (non-hydrogen) atoms. The van der Waals surface area contributed by atoms with Crippen LogP contribution in [0.25, 0.3) is 0 Å². The second-order valence-electron chi connectivity index (χ2n) is 6.77. The highest BCUT2D eigenvalue weighted by Gasteiger charge is 2.24. The van der Waals surface area contributed by atoms with E-state index in [0.29, 0.717) is 24.6 Å². The number of carbonyl (C=O) groups is 2. The molecule has 1 aliphatic rings. The molecule has 1 aromatic heterocycles. The summed E-state index contributed by atoms with van der Waals surface area (Å²) >= 11 is 0. The highest BCUT2D eigenvalue weighted by atomic mass is 16.2. The van der Waals surface area contributed by atoms with Gasteiger partial charge in [-0.3, -0.25) is 9.59 Å². The summed E-state index contributed by atoms with van der Waals surface area (Å²) in [6.07, 6.45) is 3.19. The van der Waals surface area contributed by atoms with E-state index >= 15 is 0 Å². The van der Waals surface area contributed by atoms with Gasteiger partial charge in [0.1, 0.15) is 11.5 Å². The Kier molecular flexibility index (Phi) is 4.78. The Labute approximate surface area is 131 Å². The Bertz CT molecular complexity index is 558. The Balaban J connectivity index is 1.97. The third-order valence-corrected chi connectivity index (χ3v) is 3.83. The molecule has 0 saturated carbocycles. The predicted molar refractivity (Wildman–Crippen MR) is 83.5 cm³/mol. The van der Waals surface area contributed by atoms with Gasteiger partial charge in [-0.25, -0.2) is 9.97 Å². The first kappa shape index (κ1) is 16.4. The van der Waals surface area contributed by atoms with Crippen LogP contribution in [0.2, 0.25) is 0 Å². The van der Waals surface area contributed by atoms with Crippen LogP contribution >= 0.6 is 0 Å². The van der Waals surface area contributed by atoms with Crippen LogP contribution in [0, 0.1) is 0 Å². The molecule has 0 unspecified atom stereocenters. The van der Waals surface area contributed by atoms with E-state index in [9.17, 15) is 9.59 Å². The van der Waals surface area contributed by atoms with Crippen molar-refractivity contribution in [1.82, 2.24) is 20.2 Å². The average Bonchev–Trinajstić information content (AvgIpc) is 2.47. The minimum atomic E-state index is -0.191. The maximum atomic E-state index is 12.3. The maximum Gasteiger partial charge on any atom is 0.270 e. The van der Waals surface area contributed by atoms with Crippen LogP contribution in [0.15, 0.2) is 12.3 Å². The molecule has 0 bridgehead atoms. The van der Waals surface area contributed by atoms with Crippen molar-refractivity contribution in [2.45, 2.75) is 52.0 Å². The summed E-state index contributed by atoms with van der Waals surface area (Å²) in [5.74, 6) is 0.580. The van der Waals surface area contributed by atoms with Crippen LogP contribution in [0.4, 0.5) is 0 Å². The summed E-state index contributed by atoms with van der Waals surface area (Å²) in [7, 11) is 0. The Morgan fingerprint density at radius 2 is 1.91 bits per heavy atom. The monoisotopic (exact) mass is 304 g/mol. The van der Waals surface area contributed by atoms with Gasteiger partial charge in [-0.05, 0) is 18.9 Å². The van der Waals surface area contributed by atoms with Crippen molar-refractivity contribution in [1.29, 1.82) is 0 Å². The van der Waals surface area contributed by atoms with E-state index in [1.165, 1.54) is 0 Å². The van der Waals surface area contributed by atoms with Gasteiger partial charge in [0.15, 0.2) is 0 Å². The number of likely N-dealkylation sites (tertiary alicyclic amines) is 1. The fourth-order valence-electron chi connectivity index (χ4n) is 2.44. The van der Waals surface area contributed by atoms with E-state index in [-0.39, 0.29) is 23.3 Å². The van der Waals surface area contributed by atoms with E-state index in [2.05, 4.69) is 15.3 Å². The Hall–Kier alpha value is -1.98. The number of amides is 2. The summed E-state index contributed by atoms with van der Waals surface area (Å²) in [6, 6.07) is 1.73. The molecule has 0 aromatic carbocycles. The SMILES string of the molecule is CC(=O)N1CCC(NC(=O)c2ccnc(C(C)(C)C)n2)CC1. The predicted octanol–water partition coefficient (Wildman–Crippen LogP) is 1.51. The third kappa shape index (κ3) is 4.02. The number of piperidine rings is 1. The van der Waals surface area contributed by atoms with Crippen molar-refractivity contribution in [2.24, 2.45) is 0 Å². The Morgan fingerprint density at radius 3 is 2.45 bits per heavy atom. The summed E-state index contributed by atoms with van der Waals surface area (Å²) < 4.78 is 0. The number of hydrogen-bond acceptors (Lipinski definition) is 4. The van der Waals surface area contributed by atoms with Gasteiger partial charge < -0.3 is 10.2 Å².